The van der Waals surface area contributed by atoms with Crippen LogP contribution in [-0.2, 0) is 0 Å². The van der Waals surface area contributed by atoms with Crippen LogP contribution in [0, 0.1) is 0 Å². The van der Waals surface area contributed by atoms with E-state index in [1.165, 1.54) is 16.3 Å². The van der Waals surface area contributed by atoms with Crippen molar-refractivity contribution in [3.8, 4) is 5.69 Å². The highest BCUT2D eigenvalue weighted by atomic mass is 16.3. The summed E-state index contributed by atoms with van der Waals surface area (Å²) in [6.07, 6.45) is 2.23. The second-order valence-corrected chi connectivity index (χ2v) is 13.2. The van der Waals surface area contributed by atoms with Gasteiger partial charge in [-0.1, -0.05) is 115 Å². The van der Waals surface area contributed by atoms with E-state index in [2.05, 4.69) is 172 Å². The summed E-state index contributed by atoms with van der Waals surface area (Å²) in [7, 11) is 0. The third-order valence-electron chi connectivity index (χ3n) is 10.4. The van der Waals surface area contributed by atoms with E-state index in [9.17, 15) is 0 Å². The summed E-state index contributed by atoms with van der Waals surface area (Å²) >= 11 is 0. The first-order chi connectivity index (χ1) is 25.3. The molecule has 5 heteroatoms. The minimum absolute atomic E-state index is 0.0833. The average Bonchev–Trinajstić information content (AvgIpc) is 3.86. The number of rotatable bonds is 3. The number of para-hydroxylation sites is 3. The normalized spacial score (nSPS) is 14.9. The fourth-order valence-corrected chi connectivity index (χ4v) is 8.15. The molecule has 7 aromatic carbocycles. The Bertz CT molecular complexity index is 3040. The van der Waals surface area contributed by atoms with Gasteiger partial charge in [0.2, 0.25) is 5.96 Å². The molecule has 51 heavy (non-hydrogen) atoms. The maximum Gasteiger partial charge on any atom is 0.209 e. The number of nitrogens with one attached hydrogen (secondary N) is 1. The van der Waals surface area contributed by atoms with E-state index in [4.69, 9.17) is 9.41 Å². The Hall–Kier alpha value is -6.85. The van der Waals surface area contributed by atoms with Crippen LogP contribution in [0.1, 0.15) is 17.2 Å². The lowest BCUT2D eigenvalue weighted by molar-refractivity contribution is 0.673. The summed E-state index contributed by atoms with van der Waals surface area (Å²) in [4.78, 5) is 5.38. The van der Waals surface area contributed by atoms with Crippen molar-refractivity contribution in [3.63, 3.8) is 0 Å². The molecule has 1 atom stereocenters. The molecule has 0 radical (unpaired) electrons. The van der Waals surface area contributed by atoms with Crippen molar-refractivity contribution in [2.24, 2.45) is 4.99 Å². The van der Waals surface area contributed by atoms with Crippen LogP contribution in [0.4, 0.5) is 0 Å². The molecule has 0 fully saturated rings. The predicted molar refractivity (Wildman–Crippen MR) is 211 cm³/mol. The maximum absolute atomic E-state index is 6.82. The summed E-state index contributed by atoms with van der Waals surface area (Å²) < 4.78 is 11.5. The molecule has 0 amide bonds. The van der Waals surface area contributed by atoms with Gasteiger partial charge in [0.05, 0.1) is 39.2 Å². The van der Waals surface area contributed by atoms with Crippen molar-refractivity contribution in [1.29, 1.82) is 0 Å². The molecule has 0 spiro atoms. The van der Waals surface area contributed by atoms with E-state index < -0.39 is 0 Å². The van der Waals surface area contributed by atoms with Gasteiger partial charge in [-0.3, -0.25) is 4.57 Å². The van der Waals surface area contributed by atoms with Crippen LogP contribution in [-0.4, -0.2) is 15.1 Å². The molecule has 3 aromatic heterocycles. The van der Waals surface area contributed by atoms with Gasteiger partial charge in [-0.2, -0.15) is 0 Å². The van der Waals surface area contributed by atoms with Crippen LogP contribution >= 0.6 is 0 Å². The van der Waals surface area contributed by atoms with Crippen molar-refractivity contribution >= 4 is 77.2 Å². The molecule has 4 heterocycles. The third kappa shape index (κ3) is 4.12. The molecule has 1 N–H and O–H groups in total. The fraction of sp³-hybridized carbons (Fsp3) is 0.0217. The van der Waals surface area contributed by atoms with Gasteiger partial charge < -0.3 is 14.3 Å². The molecule has 5 nitrogen and oxygen atoms in total. The number of fused-ring (bicyclic) bond motifs is 11. The SMILES string of the molecule is C1=C(c2ccccc2)N=C(n2c3ccc4c5ccccc5oc4c3c3c4c5ccccc5n(-c5ccccc5)c4ccc32)NC1c1ccccc1. The minimum Gasteiger partial charge on any atom is -0.455 e. The number of aromatic nitrogens is 2. The summed E-state index contributed by atoms with van der Waals surface area (Å²) in [5.41, 5.74) is 10.5. The van der Waals surface area contributed by atoms with E-state index in [1.807, 2.05) is 12.1 Å². The number of hydrogen-bond donors (Lipinski definition) is 1. The smallest absolute Gasteiger partial charge is 0.209 e. The van der Waals surface area contributed by atoms with Gasteiger partial charge in [0, 0.05) is 38.2 Å². The van der Waals surface area contributed by atoms with E-state index in [0.717, 1.165) is 77.7 Å². The lowest BCUT2D eigenvalue weighted by atomic mass is 10.0. The second-order valence-electron chi connectivity index (χ2n) is 13.2. The largest absolute Gasteiger partial charge is 0.455 e. The Morgan fingerprint density at radius 2 is 1.12 bits per heavy atom. The standard InChI is InChI=1S/C46H30N4O/c1-4-14-29(15-5-1)35-28-36(30-16-6-2-7-17-30)48-46(47-35)50-39-27-26-38-42(34-21-10-12-22-37(34)49(38)31-18-8-3-9-19-31)43(39)44-40(50)25-24-33-32-20-11-13-23-41(32)51-45(33)44/h1-28,35H,(H,47,48). The van der Waals surface area contributed by atoms with Crippen LogP contribution in [0.25, 0.3) is 76.9 Å². The summed E-state index contributed by atoms with van der Waals surface area (Å²) in [5, 5.41) is 10.7. The zero-order chi connectivity index (χ0) is 33.5. The monoisotopic (exact) mass is 654 g/mol. The van der Waals surface area contributed by atoms with Crippen LogP contribution in [0.15, 0.2) is 179 Å². The van der Waals surface area contributed by atoms with E-state index in [1.54, 1.807) is 0 Å². The molecule has 1 aliphatic rings. The molecular weight excluding hydrogens is 625 g/mol. The van der Waals surface area contributed by atoms with Gasteiger partial charge >= 0.3 is 0 Å². The zero-order valence-corrected chi connectivity index (χ0v) is 27.5. The van der Waals surface area contributed by atoms with Gasteiger partial charge in [-0.25, -0.2) is 4.99 Å². The number of benzene rings is 7. The Kier molecular flexibility index (Phi) is 5.95. The van der Waals surface area contributed by atoms with Gasteiger partial charge in [-0.05, 0) is 60.2 Å². The first-order valence-corrected chi connectivity index (χ1v) is 17.4. The number of hydrogen-bond acceptors (Lipinski definition) is 3. The average molecular weight is 655 g/mol. The highest BCUT2D eigenvalue weighted by Gasteiger charge is 2.27. The fourth-order valence-electron chi connectivity index (χ4n) is 8.15. The number of furan rings is 1. The predicted octanol–water partition coefficient (Wildman–Crippen LogP) is 11.4. The molecule has 10 aromatic rings. The van der Waals surface area contributed by atoms with Crippen LogP contribution < -0.4 is 5.32 Å². The highest BCUT2D eigenvalue weighted by molar-refractivity contribution is 6.35. The Morgan fingerprint density at radius 1 is 0.490 bits per heavy atom. The first kappa shape index (κ1) is 28.0. The summed E-state index contributed by atoms with van der Waals surface area (Å²) in [6.45, 7) is 0. The van der Waals surface area contributed by atoms with E-state index >= 15 is 0 Å². The quantitative estimate of drug-likeness (QED) is 0.206. The molecule has 1 aliphatic heterocycles. The molecular formula is C46H30N4O. The third-order valence-corrected chi connectivity index (χ3v) is 10.4. The van der Waals surface area contributed by atoms with Crippen LogP contribution in [0.5, 0.6) is 0 Å². The second kappa shape index (κ2) is 10.8. The van der Waals surface area contributed by atoms with Crippen LogP contribution in [0.3, 0.4) is 0 Å². The number of aliphatic imine (C=N–C) groups is 1. The first-order valence-electron chi connectivity index (χ1n) is 17.4. The summed E-state index contributed by atoms with van der Waals surface area (Å²) in [6, 6.07) is 57.6. The molecule has 11 rings (SSSR count). The maximum atomic E-state index is 6.82. The Morgan fingerprint density at radius 3 is 1.92 bits per heavy atom. The Labute approximate surface area is 293 Å². The van der Waals surface area contributed by atoms with Crippen molar-refractivity contribution in [2.45, 2.75) is 6.04 Å². The van der Waals surface area contributed by atoms with Crippen molar-refractivity contribution < 1.29 is 4.42 Å². The van der Waals surface area contributed by atoms with Gasteiger partial charge in [0.1, 0.15) is 11.2 Å². The molecule has 0 saturated carbocycles. The van der Waals surface area contributed by atoms with Gasteiger partial charge in [0.15, 0.2) is 0 Å². The highest BCUT2D eigenvalue weighted by Crippen LogP contribution is 2.45. The number of nitrogens with zero attached hydrogens (tertiary/aromatic N) is 3. The molecule has 0 aliphatic carbocycles. The molecule has 240 valence electrons. The van der Waals surface area contributed by atoms with Crippen molar-refractivity contribution in [1.82, 2.24) is 14.5 Å². The van der Waals surface area contributed by atoms with Crippen molar-refractivity contribution in [3.05, 3.63) is 181 Å². The van der Waals surface area contributed by atoms with Crippen LogP contribution in [0.2, 0.25) is 0 Å². The topological polar surface area (TPSA) is 47.4 Å². The van der Waals surface area contributed by atoms with Gasteiger partial charge in [-0.15, -0.1) is 0 Å². The lowest BCUT2D eigenvalue weighted by Crippen LogP contribution is -2.35. The van der Waals surface area contributed by atoms with Crippen molar-refractivity contribution in [2.75, 3.05) is 0 Å². The molecule has 1 unspecified atom stereocenters. The molecule has 0 bridgehead atoms. The minimum atomic E-state index is -0.0833. The van der Waals surface area contributed by atoms with Gasteiger partial charge in [0.25, 0.3) is 0 Å². The van der Waals surface area contributed by atoms with E-state index in [-0.39, 0.29) is 6.04 Å². The summed E-state index contributed by atoms with van der Waals surface area (Å²) in [5.74, 6) is 0.770. The Balaban J connectivity index is 1.30. The van der Waals surface area contributed by atoms with E-state index in [0.29, 0.717) is 0 Å². The molecule has 0 saturated heterocycles. The zero-order valence-electron chi connectivity index (χ0n) is 27.5. The lowest BCUT2D eigenvalue weighted by Gasteiger charge is -2.25.